The number of ether oxygens (including phenoxy) is 1. The van der Waals surface area contributed by atoms with Gasteiger partial charge in [-0.15, -0.1) is 0 Å². The predicted octanol–water partition coefficient (Wildman–Crippen LogP) is 2.82. The molecular formula is C21H30N2O2. The van der Waals surface area contributed by atoms with E-state index in [1.165, 1.54) is 24.9 Å². The highest BCUT2D eigenvalue weighted by atomic mass is 16.5. The molecule has 0 aromatic heterocycles. The number of nitrogens with zero attached hydrogens (tertiary/aromatic N) is 2. The molecule has 25 heavy (non-hydrogen) atoms. The van der Waals surface area contributed by atoms with Crippen molar-refractivity contribution in [2.45, 2.75) is 56.0 Å². The number of carbonyl (C=O) groups is 1. The Morgan fingerprint density at radius 2 is 1.72 bits per heavy atom. The first-order valence-corrected chi connectivity index (χ1v) is 9.87. The molecule has 1 aromatic carbocycles. The fourth-order valence-electron chi connectivity index (χ4n) is 5.24. The molecule has 3 saturated heterocycles. The molecule has 0 radical (unpaired) electrons. The average molecular weight is 342 g/mol. The van der Waals surface area contributed by atoms with Crippen molar-refractivity contribution in [1.29, 1.82) is 0 Å². The SMILES string of the molecule is CN1CCC[C@H]1[C@@H]1CCCN1C(=O)C1(c2ccccc2)CCOCC1. The van der Waals surface area contributed by atoms with Crippen LogP contribution in [0.15, 0.2) is 30.3 Å². The molecule has 3 aliphatic rings. The molecule has 0 unspecified atom stereocenters. The number of likely N-dealkylation sites (tertiary alicyclic amines) is 2. The molecule has 3 aliphatic heterocycles. The van der Waals surface area contributed by atoms with Gasteiger partial charge in [0.1, 0.15) is 0 Å². The standard InChI is InChI=1S/C21H30N2O2/c1-22-13-5-9-18(22)19-10-6-14-23(19)20(24)21(11-15-25-16-12-21)17-7-3-2-4-8-17/h2-4,7-8,18-19H,5-6,9-16H2,1H3/t18-,19-/m0/s1. The summed E-state index contributed by atoms with van der Waals surface area (Å²) < 4.78 is 5.62. The van der Waals surface area contributed by atoms with Gasteiger partial charge in [0, 0.05) is 31.8 Å². The van der Waals surface area contributed by atoms with E-state index in [2.05, 4.69) is 41.1 Å². The highest BCUT2D eigenvalue weighted by Gasteiger charge is 2.48. The van der Waals surface area contributed by atoms with Crippen LogP contribution in [0.4, 0.5) is 0 Å². The van der Waals surface area contributed by atoms with Crippen LogP contribution in [0, 0.1) is 0 Å². The molecule has 136 valence electrons. The summed E-state index contributed by atoms with van der Waals surface area (Å²) >= 11 is 0. The lowest BCUT2D eigenvalue weighted by atomic mass is 9.72. The number of carbonyl (C=O) groups excluding carboxylic acids is 1. The maximum atomic E-state index is 13.8. The number of rotatable bonds is 3. The molecule has 0 aliphatic carbocycles. The van der Waals surface area contributed by atoms with E-state index in [1.54, 1.807) is 0 Å². The van der Waals surface area contributed by atoms with Gasteiger partial charge >= 0.3 is 0 Å². The van der Waals surface area contributed by atoms with Crippen LogP contribution in [-0.2, 0) is 14.9 Å². The number of benzene rings is 1. The van der Waals surface area contributed by atoms with Gasteiger partial charge in [-0.05, 0) is 57.7 Å². The Hall–Kier alpha value is -1.39. The summed E-state index contributed by atoms with van der Waals surface area (Å²) in [5, 5.41) is 0. The van der Waals surface area contributed by atoms with E-state index in [9.17, 15) is 4.79 Å². The van der Waals surface area contributed by atoms with Gasteiger partial charge in [-0.1, -0.05) is 30.3 Å². The van der Waals surface area contributed by atoms with Crippen molar-refractivity contribution >= 4 is 5.91 Å². The topological polar surface area (TPSA) is 32.8 Å². The molecule has 0 saturated carbocycles. The molecule has 0 N–H and O–H groups in total. The molecule has 4 heteroatoms. The minimum Gasteiger partial charge on any atom is -0.381 e. The van der Waals surface area contributed by atoms with E-state index in [0.717, 1.165) is 32.2 Å². The van der Waals surface area contributed by atoms with Gasteiger partial charge < -0.3 is 14.5 Å². The summed E-state index contributed by atoms with van der Waals surface area (Å²) in [6.07, 6.45) is 6.40. The normalized spacial score (nSPS) is 29.9. The number of hydrogen-bond acceptors (Lipinski definition) is 3. The number of amides is 1. The van der Waals surface area contributed by atoms with Crippen LogP contribution in [0.3, 0.4) is 0 Å². The minimum atomic E-state index is -0.390. The number of hydrogen-bond donors (Lipinski definition) is 0. The van der Waals surface area contributed by atoms with Crippen molar-refractivity contribution in [2.24, 2.45) is 0 Å². The quantitative estimate of drug-likeness (QED) is 0.847. The zero-order valence-electron chi connectivity index (χ0n) is 15.3. The Morgan fingerprint density at radius 3 is 2.40 bits per heavy atom. The van der Waals surface area contributed by atoms with Crippen molar-refractivity contribution in [3.05, 3.63) is 35.9 Å². The maximum Gasteiger partial charge on any atom is 0.233 e. The Morgan fingerprint density at radius 1 is 1.04 bits per heavy atom. The first-order chi connectivity index (χ1) is 12.2. The van der Waals surface area contributed by atoms with Crippen LogP contribution in [0.2, 0.25) is 0 Å². The molecule has 0 bridgehead atoms. The van der Waals surface area contributed by atoms with Crippen molar-refractivity contribution in [2.75, 3.05) is 33.4 Å². The number of likely N-dealkylation sites (N-methyl/N-ethyl adjacent to an activating group) is 1. The second kappa shape index (κ2) is 7.08. The van der Waals surface area contributed by atoms with Crippen LogP contribution in [0.25, 0.3) is 0 Å². The highest BCUT2D eigenvalue weighted by Crippen LogP contribution is 2.40. The lowest BCUT2D eigenvalue weighted by Crippen LogP contribution is -2.55. The van der Waals surface area contributed by atoms with E-state index in [1.807, 2.05) is 6.07 Å². The lowest BCUT2D eigenvalue weighted by Gasteiger charge is -2.42. The van der Waals surface area contributed by atoms with Crippen LogP contribution >= 0.6 is 0 Å². The Bertz CT molecular complexity index is 597. The third-order valence-electron chi connectivity index (χ3n) is 6.66. The Labute approximate surface area is 151 Å². The molecule has 2 atom stereocenters. The van der Waals surface area contributed by atoms with Crippen molar-refractivity contribution in [3.63, 3.8) is 0 Å². The first-order valence-electron chi connectivity index (χ1n) is 9.87. The van der Waals surface area contributed by atoms with E-state index in [4.69, 9.17) is 4.74 Å². The zero-order chi connectivity index (χ0) is 17.3. The van der Waals surface area contributed by atoms with Gasteiger partial charge in [0.15, 0.2) is 0 Å². The monoisotopic (exact) mass is 342 g/mol. The van der Waals surface area contributed by atoms with E-state index in [-0.39, 0.29) is 5.41 Å². The van der Waals surface area contributed by atoms with Gasteiger partial charge in [-0.25, -0.2) is 0 Å². The summed E-state index contributed by atoms with van der Waals surface area (Å²) in [5.41, 5.74) is 0.785. The lowest BCUT2D eigenvalue weighted by molar-refractivity contribution is -0.143. The second-order valence-electron chi connectivity index (χ2n) is 7.96. The fraction of sp³-hybridized carbons (Fsp3) is 0.667. The smallest absolute Gasteiger partial charge is 0.233 e. The van der Waals surface area contributed by atoms with Gasteiger partial charge in [0.05, 0.1) is 5.41 Å². The fourth-order valence-corrected chi connectivity index (χ4v) is 5.24. The molecule has 1 amide bonds. The maximum absolute atomic E-state index is 13.8. The highest BCUT2D eigenvalue weighted by molar-refractivity contribution is 5.89. The largest absolute Gasteiger partial charge is 0.381 e. The molecule has 1 aromatic rings. The zero-order valence-corrected chi connectivity index (χ0v) is 15.3. The average Bonchev–Trinajstić information content (AvgIpc) is 3.31. The first kappa shape index (κ1) is 17.0. The molecule has 4 rings (SSSR count). The van der Waals surface area contributed by atoms with Gasteiger partial charge in [0.2, 0.25) is 5.91 Å². The summed E-state index contributed by atoms with van der Waals surface area (Å²) in [6.45, 7) is 3.45. The summed E-state index contributed by atoms with van der Waals surface area (Å²) in [5.74, 6) is 0.352. The molecule has 0 spiro atoms. The van der Waals surface area contributed by atoms with Gasteiger partial charge in [0.25, 0.3) is 0 Å². The molecule has 4 nitrogen and oxygen atoms in total. The van der Waals surface area contributed by atoms with Crippen molar-refractivity contribution in [1.82, 2.24) is 9.80 Å². The van der Waals surface area contributed by atoms with Crippen molar-refractivity contribution in [3.8, 4) is 0 Å². The predicted molar refractivity (Wildman–Crippen MR) is 98.6 cm³/mol. The molecular weight excluding hydrogens is 312 g/mol. The summed E-state index contributed by atoms with van der Waals surface area (Å²) in [6, 6.07) is 11.4. The van der Waals surface area contributed by atoms with Gasteiger partial charge in [-0.2, -0.15) is 0 Å². The third kappa shape index (κ3) is 3.00. The van der Waals surface area contributed by atoms with Crippen LogP contribution in [0.5, 0.6) is 0 Å². The third-order valence-corrected chi connectivity index (χ3v) is 6.66. The second-order valence-corrected chi connectivity index (χ2v) is 7.96. The summed E-state index contributed by atoms with van der Waals surface area (Å²) in [4.78, 5) is 18.6. The van der Waals surface area contributed by atoms with Crippen LogP contribution < -0.4 is 0 Å². The van der Waals surface area contributed by atoms with E-state index >= 15 is 0 Å². The Balaban J connectivity index is 1.64. The van der Waals surface area contributed by atoms with Crippen LogP contribution in [-0.4, -0.2) is 61.1 Å². The Kier molecular flexibility index (Phi) is 4.83. The van der Waals surface area contributed by atoms with E-state index < -0.39 is 0 Å². The van der Waals surface area contributed by atoms with E-state index in [0.29, 0.717) is 31.2 Å². The van der Waals surface area contributed by atoms with Gasteiger partial charge in [-0.3, -0.25) is 4.79 Å². The van der Waals surface area contributed by atoms with Crippen LogP contribution in [0.1, 0.15) is 44.1 Å². The molecule has 3 fully saturated rings. The molecule has 3 heterocycles. The minimum absolute atomic E-state index is 0.352. The van der Waals surface area contributed by atoms with Crippen molar-refractivity contribution < 1.29 is 9.53 Å². The summed E-state index contributed by atoms with van der Waals surface area (Å²) in [7, 11) is 2.22.